The molecule has 0 aliphatic carbocycles. The van der Waals surface area contributed by atoms with Crippen molar-refractivity contribution in [3.05, 3.63) is 103 Å². The SMILES string of the molecule is Cc1cc(COc2ncc(Cl)nc2NS(=O)(=O)c2ccc(Cl)s2)no1.O=S(=O)(Nc1nc(Cl)cnc1OCc1ccccn1)c1ccc(Cl)s1. The van der Waals surface area contributed by atoms with Crippen molar-refractivity contribution in [2.75, 3.05) is 9.44 Å². The Hall–Kier alpha value is -3.82. The molecule has 0 aromatic carbocycles. The molecular formula is C27H20Cl4N8O7S4. The van der Waals surface area contributed by atoms with Gasteiger partial charge < -0.3 is 14.0 Å². The fourth-order valence-corrected chi connectivity index (χ4v) is 8.78. The molecule has 0 atom stereocenters. The normalized spacial score (nSPS) is 11.4. The summed E-state index contributed by atoms with van der Waals surface area (Å²) >= 11 is 25.0. The Morgan fingerprint density at radius 2 is 1.24 bits per heavy atom. The molecule has 0 amide bonds. The molecule has 0 unspecified atom stereocenters. The molecule has 0 spiro atoms. The molecular weight excluding hydrogens is 818 g/mol. The van der Waals surface area contributed by atoms with Gasteiger partial charge in [0.1, 0.15) is 43.4 Å². The average Bonchev–Trinajstić information content (AvgIpc) is 3.82. The Morgan fingerprint density at radius 3 is 1.66 bits per heavy atom. The van der Waals surface area contributed by atoms with E-state index in [0.717, 1.165) is 22.7 Å². The van der Waals surface area contributed by atoms with Crippen molar-refractivity contribution in [2.45, 2.75) is 28.6 Å². The van der Waals surface area contributed by atoms with Crippen molar-refractivity contribution in [2.24, 2.45) is 0 Å². The molecule has 50 heavy (non-hydrogen) atoms. The van der Waals surface area contributed by atoms with E-state index in [1.165, 1.54) is 36.7 Å². The quantitative estimate of drug-likeness (QED) is 0.126. The van der Waals surface area contributed by atoms with Gasteiger partial charge in [-0.25, -0.2) is 36.8 Å². The number of aryl methyl sites for hydroxylation is 1. The molecule has 6 rings (SSSR count). The number of aromatic nitrogens is 6. The lowest BCUT2D eigenvalue weighted by Gasteiger charge is -2.11. The second kappa shape index (κ2) is 16.5. The zero-order valence-electron chi connectivity index (χ0n) is 25.0. The van der Waals surface area contributed by atoms with E-state index in [9.17, 15) is 16.8 Å². The number of anilines is 2. The molecule has 0 bridgehead atoms. The van der Waals surface area contributed by atoms with Crippen LogP contribution in [0.4, 0.5) is 11.6 Å². The van der Waals surface area contributed by atoms with Crippen molar-refractivity contribution in [1.29, 1.82) is 0 Å². The number of ether oxygens (including phenoxy) is 2. The van der Waals surface area contributed by atoms with Gasteiger partial charge in [0.15, 0.2) is 0 Å². The van der Waals surface area contributed by atoms with Crippen molar-refractivity contribution >= 4 is 101 Å². The Kier molecular flexibility index (Phi) is 12.3. The predicted octanol–water partition coefficient (Wildman–Crippen LogP) is 7.14. The molecule has 0 fully saturated rings. The standard InChI is InChI=1S/C14H10Cl2N4O3S2.C13H10Cl2N4O4S2/c15-10-7-18-14(23-8-9-3-1-2-6-17-9)13(19-10)20-25(21,22)12-5-4-11(16)24-12;1-7-4-8(18-23-7)6-22-13-12(17-9(14)5-16-13)19-25(20,21)11-3-2-10(15)24-11/h1-7H,8H2,(H,19,20);2-5H,6H2,1H3,(H,17,19). The maximum absolute atomic E-state index is 12.4. The van der Waals surface area contributed by atoms with Crippen LogP contribution in [-0.2, 0) is 33.3 Å². The Bertz CT molecular complexity index is 2310. The van der Waals surface area contributed by atoms with E-state index in [4.69, 9.17) is 60.4 Å². The van der Waals surface area contributed by atoms with E-state index in [0.29, 0.717) is 25.8 Å². The van der Waals surface area contributed by atoms with Gasteiger partial charge in [-0.2, -0.15) is 0 Å². The molecule has 0 aliphatic heterocycles. The first kappa shape index (κ1) is 37.4. The van der Waals surface area contributed by atoms with Gasteiger partial charge in [0, 0.05) is 12.3 Å². The van der Waals surface area contributed by atoms with E-state index in [1.54, 1.807) is 31.3 Å². The largest absolute Gasteiger partial charge is 0.469 e. The molecule has 262 valence electrons. The zero-order chi connectivity index (χ0) is 35.9. The summed E-state index contributed by atoms with van der Waals surface area (Å²) in [5.74, 6) is 0.305. The third-order valence-corrected chi connectivity index (χ3v) is 12.1. The summed E-state index contributed by atoms with van der Waals surface area (Å²) < 4.78 is 70.9. The molecule has 6 aromatic heterocycles. The first-order valence-corrected chi connectivity index (χ1v) is 19.6. The summed E-state index contributed by atoms with van der Waals surface area (Å²) in [6, 6.07) is 12.8. The lowest BCUT2D eigenvalue weighted by Crippen LogP contribution is -2.14. The number of nitrogens with one attached hydrogen (secondary N) is 2. The number of thiophene rings is 2. The van der Waals surface area contributed by atoms with Gasteiger partial charge in [-0.3, -0.25) is 14.4 Å². The summed E-state index contributed by atoms with van der Waals surface area (Å²) in [6.45, 7) is 1.86. The minimum absolute atomic E-state index is 0.00606. The number of nitrogens with zero attached hydrogens (tertiary/aromatic N) is 6. The summed E-state index contributed by atoms with van der Waals surface area (Å²) in [5, 5.41) is 3.80. The molecule has 23 heteroatoms. The van der Waals surface area contributed by atoms with Gasteiger partial charge >= 0.3 is 0 Å². The van der Waals surface area contributed by atoms with Crippen LogP contribution in [0.2, 0.25) is 19.0 Å². The number of hydrogen-bond donors (Lipinski definition) is 2. The van der Waals surface area contributed by atoms with E-state index in [1.807, 2.05) is 6.07 Å². The second-order valence-electron chi connectivity index (χ2n) is 9.35. The smallest absolute Gasteiger partial charge is 0.272 e. The lowest BCUT2D eigenvalue weighted by molar-refractivity contribution is 0.278. The molecule has 0 saturated carbocycles. The molecule has 6 heterocycles. The van der Waals surface area contributed by atoms with Crippen LogP contribution >= 0.6 is 69.1 Å². The number of pyridine rings is 1. The second-order valence-corrected chi connectivity index (χ2v) is 17.4. The zero-order valence-corrected chi connectivity index (χ0v) is 31.2. The van der Waals surface area contributed by atoms with E-state index in [-0.39, 0.29) is 55.3 Å². The van der Waals surface area contributed by atoms with Crippen LogP contribution in [0.3, 0.4) is 0 Å². The molecule has 2 N–H and O–H groups in total. The summed E-state index contributed by atoms with van der Waals surface area (Å²) in [4.78, 5) is 19.9. The fraction of sp³-hybridized carbons (Fsp3) is 0.111. The molecule has 6 aromatic rings. The highest BCUT2D eigenvalue weighted by molar-refractivity contribution is 7.95. The Balaban J connectivity index is 0.000000194. The summed E-state index contributed by atoms with van der Waals surface area (Å²) in [7, 11) is -7.79. The third kappa shape index (κ3) is 10.4. The van der Waals surface area contributed by atoms with Gasteiger partial charge in [0.05, 0.1) is 26.8 Å². The highest BCUT2D eigenvalue weighted by atomic mass is 35.5. The van der Waals surface area contributed by atoms with E-state index >= 15 is 0 Å². The number of rotatable bonds is 12. The highest BCUT2D eigenvalue weighted by Crippen LogP contribution is 2.31. The molecule has 0 radical (unpaired) electrons. The highest BCUT2D eigenvalue weighted by Gasteiger charge is 2.23. The van der Waals surface area contributed by atoms with Gasteiger partial charge in [-0.15, -0.1) is 22.7 Å². The third-order valence-electron chi connectivity index (χ3n) is 5.62. The van der Waals surface area contributed by atoms with Gasteiger partial charge in [0.25, 0.3) is 31.8 Å². The topological polar surface area (TPSA) is 201 Å². The maximum atomic E-state index is 12.4. The minimum atomic E-state index is -3.90. The molecule has 0 aliphatic rings. The lowest BCUT2D eigenvalue weighted by atomic mass is 10.4. The van der Waals surface area contributed by atoms with Gasteiger partial charge in [0.2, 0.25) is 11.6 Å². The van der Waals surface area contributed by atoms with Crippen LogP contribution in [0.1, 0.15) is 17.1 Å². The van der Waals surface area contributed by atoms with Crippen LogP contribution < -0.4 is 18.9 Å². The monoisotopic (exact) mass is 836 g/mol. The van der Waals surface area contributed by atoms with Crippen molar-refractivity contribution in [1.82, 2.24) is 30.1 Å². The first-order chi connectivity index (χ1) is 23.8. The first-order valence-electron chi connectivity index (χ1n) is 13.5. The van der Waals surface area contributed by atoms with Crippen LogP contribution in [0.15, 0.2) is 80.1 Å². The summed E-state index contributed by atoms with van der Waals surface area (Å²) in [5.41, 5.74) is 1.17. The fourth-order valence-electron chi connectivity index (χ4n) is 3.55. The molecule has 0 saturated heterocycles. The number of halogens is 4. The van der Waals surface area contributed by atoms with E-state index in [2.05, 4.69) is 39.5 Å². The maximum Gasteiger partial charge on any atom is 0.272 e. The Labute approximate surface area is 312 Å². The van der Waals surface area contributed by atoms with E-state index < -0.39 is 20.0 Å². The van der Waals surface area contributed by atoms with Crippen molar-refractivity contribution in [3.63, 3.8) is 0 Å². The number of sulfonamides is 2. The predicted molar refractivity (Wildman–Crippen MR) is 188 cm³/mol. The van der Waals surface area contributed by atoms with Crippen LogP contribution in [-0.4, -0.2) is 46.9 Å². The average molecular weight is 839 g/mol. The van der Waals surface area contributed by atoms with Crippen molar-refractivity contribution in [3.8, 4) is 11.8 Å². The molecule has 15 nitrogen and oxygen atoms in total. The van der Waals surface area contributed by atoms with Gasteiger partial charge in [-0.05, 0) is 43.3 Å². The minimum Gasteiger partial charge on any atom is -0.469 e. The van der Waals surface area contributed by atoms with Crippen LogP contribution in [0.25, 0.3) is 0 Å². The van der Waals surface area contributed by atoms with Crippen molar-refractivity contribution < 1.29 is 30.8 Å². The summed E-state index contributed by atoms with van der Waals surface area (Å²) in [6.07, 6.45) is 4.12. The Morgan fingerprint density at radius 1 is 0.720 bits per heavy atom. The van der Waals surface area contributed by atoms with Crippen LogP contribution in [0.5, 0.6) is 11.8 Å². The van der Waals surface area contributed by atoms with Crippen LogP contribution in [0, 0.1) is 6.92 Å². The van der Waals surface area contributed by atoms with Gasteiger partial charge in [-0.1, -0.05) is 57.6 Å². The number of hydrogen-bond acceptors (Lipinski definition) is 15.